The Labute approximate surface area is 206 Å². The number of hydrogen-bond donors (Lipinski definition) is 3. The van der Waals surface area contributed by atoms with E-state index in [1.54, 1.807) is 6.07 Å². The van der Waals surface area contributed by atoms with Crippen molar-refractivity contribution in [3.8, 4) is 28.7 Å². The number of aromatic hydroxyl groups is 3. The van der Waals surface area contributed by atoms with Crippen LogP contribution in [0.3, 0.4) is 0 Å². The Balaban J connectivity index is 2.04. The van der Waals surface area contributed by atoms with E-state index in [4.69, 9.17) is 4.74 Å². The molecule has 5 nitrogen and oxygen atoms in total. The number of rotatable bonds is 5. The quantitative estimate of drug-likeness (QED) is 0.277. The molecule has 0 aromatic heterocycles. The summed E-state index contributed by atoms with van der Waals surface area (Å²) in [5.41, 5.74) is 6.63. The number of anilines is 3. The average molecular weight is 470 g/mol. The van der Waals surface area contributed by atoms with Gasteiger partial charge >= 0.3 is 0 Å². The maximum absolute atomic E-state index is 11.2. The summed E-state index contributed by atoms with van der Waals surface area (Å²) in [7, 11) is 0. The van der Waals surface area contributed by atoms with Crippen LogP contribution in [-0.4, -0.2) is 15.3 Å². The first-order valence-corrected chi connectivity index (χ1v) is 11.6. The van der Waals surface area contributed by atoms with E-state index in [-0.39, 0.29) is 17.2 Å². The number of benzene rings is 4. The van der Waals surface area contributed by atoms with Gasteiger partial charge in [0.15, 0.2) is 17.2 Å². The van der Waals surface area contributed by atoms with Crippen molar-refractivity contribution in [3.05, 3.63) is 94.0 Å². The molecule has 0 saturated heterocycles. The lowest BCUT2D eigenvalue weighted by Gasteiger charge is -2.31. The van der Waals surface area contributed by atoms with Gasteiger partial charge < -0.3 is 20.1 Å². The summed E-state index contributed by atoms with van der Waals surface area (Å²) in [6.07, 6.45) is 0. The maximum atomic E-state index is 11.2. The highest BCUT2D eigenvalue weighted by Crippen LogP contribution is 2.51. The van der Waals surface area contributed by atoms with Crippen LogP contribution < -0.4 is 9.64 Å². The van der Waals surface area contributed by atoms with E-state index < -0.39 is 0 Å². The van der Waals surface area contributed by atoms with Gasteiger partial charge in [-0.2, -0.15) is 0 Å². The van der Waals surface area contributed by atoms with E-state index in [2.05, 4.69) is 0 Å². The molecule has 0 atom stereocenters. The molecule has 4 aromatic carbocycles. The Morgan fingerprint density at radius 2 is 1.06 bits per heavy atom. The predicted molar refractivity (Wildman–Crippen MR) is 141 cm³/mol. The molecule has 0 fully saturated rings. The fraction of sp³-hybridized carbons (Fsp3) is 0.200. The van der Waals surface area contributed by atoms with E-state index in [9.17, 15) is 15.3 Å². The molecule has 4 rings (SSSR count). The van der Waals surface area contributed by atoms with Crippen LogP contribution in [0.4, 0.5) is 17.1 Å². The van der Waals surface area contributed by atoms with E-state index >= 15 is 0 Å². The summed E-state index contributed by atoms with van der Waals surface area (Å²) in [5, 5.41) is 33.0. The first-order chi connectivity index (χ1) is 16.6. The summed E-state index contributed by atoms with van der Waals surface area (Å²) in [6.45, 7) is 11.4. The fourth-order valence-corrected chi connectivity index (χ4v) is 4.22. The third-order valence-electron chi connectivity index (χ3n) is 6.53. The van der Waals surface area contributed by atoms with E-state index in [0.29, 0.717) is 39.7 Å². The van der Waals surface area contributed by atoms with Crippen molar-refractivity contribution in [2.24, 2.45) is 0 Å². The highest BCUT2D eigenvalue weighted by Gasteiger charge is 2.27. The number of phenols is 3. The largest absolute Gasteiger partial charge is 0.505 e. The minimum absolute atomic E-state index is 0.0404. The number of hydrogen-bond acceptors (Lipinski definition) is 5. The van der Waals surface area contributed by atoms with Crippen molar-refractivity contribution in [3.63, 3.8) is 0 Å². The van der Waals surface area contributed by atoms with Crippen molar-refractivity contribution in [2.45, 2.75) is 41.5 Å². The summed E-state index contributed by atoms with van der Waals surface area (Å²) < 4.78 is 6.34. The summed E-state index contributed by atoms with van der Waals surface area (Å²) >= 11 is 0. The zero-order valence-corrected chi connectivity index (χ0v) is 21.0. The Hall–Kier alpha value is -4.12. The fourth-order valence-electron chi connectivity index (χ4n) is 4.22. The van der Waals surface area contributed by atoms with Crippen LogP contribution in [0.15, 0.2) is 60.7 Å². The van der Waals surface area contributed by atoms with Gasteiger partial charge in [-0.15, -0.1) is 0 Å². The Bertz CT molecular complexity index is 1370. The standard InChI is InChI=1S/C30H31NO4/c1-17-15-16-24(32)30(22(17)6)35-25-10-8-7-9-23(25)31(26-18(2)11-13-20(4)28(26)33)27-19(3)12-14-21(5)29(27)34/h7-16,32-34H,1-6H3. The molecule has 5 heteroatoms. The number of ether oxygens (including phenoxy) is 1. The topological polar surface area (TPSA) is 73.2 Å². The van der Waals surface area contributed by atoms with E-state index in [1.807, 2.05) is 101 Å². The van der Waals surface area contributed by atoms with Crippen LogP contribution in [-0.2, 0) is 0 Å². The number of para-hydroxylation sites is 2. The Kier molecular flexibility index (Phi) is 6.35. The highest BCUT2D eigenvalue weighted by molar-refractivity contribution is 5.89. The molecular formula is C30H31NO4. The third-order valence-corrected chi connectivity index (χ3v) is 6.53. The van der Waals surface area contributed by atoms with E-state index in [1.165, 1.54) is 0 Å². The van der Waals surface area contributed by atoms with Crippen molar-refractivity contribution in [1.29, 1.82) is 0 Å². The molecule has 0 aliphatic rings. The van der Waals surface area contributed by atoms with Crippen LogP contribution in [0, 0.1) is 41.5 Å². The van der Waals surface area contributed by atoms with Crippen LogP contribution in [0.2, 0.25) is 0 Å². The first-order valence-electron chi connectivity index (χ1n) is 11.6. The van der Waals surface area contributed by atoms with Crippen LogP contribution in [0.1, 0.15) is 33.4 Å². The summed E-state index contributed by atoms with van der Waals surface area (Å²) in [6, 6.07) is 18.5. The van der Waals surface area contributed by atoms with Gasteiger partial charge in [-0.3, -0.25) is 4.90 Å². The van der Waals surface area contributed by atoms with Crippen LogP contribution >= 0.6 is 0 Å². The molecule has 180 valence electrons. The van der Waals surface area contributed by atoms with Gasteiger partial charge in [-0.25, -0.2) is 0 Å². The minimum atomic E-state index is 0.0404. The molecule has 0 heterocycles. The Morgan fingerprint density at radius 3 is 1.63 bits per heavy atom. The molecule has 4 aromatic rings. The number of nitrogens with zero attached hydrogens (tertiary/aromatic N) is 1. The second-order valence-corrected chi connectivity index (χ2v) is 9.05. The predicted octanol–water partition coefficient (Wildman–Crippen LogP) is 7.92. The van der Waals surface area contributed by atoms with Crippen molar-refractivity contribution in [1.82, 2.24) is 0 Å². The van der Waals surface area contributed by atoms with E-state index in [0.717, 1.165) is 22.3 Å². The molecule has 35 heavy (non-hydrogen) atoms. The monoisotopic (exact) mass is 469 g/mol. The third kappa shape index (κ3) is 4.26. The second kappa shape index (κ2) is 9.26. The van der Waals surface area contributed by atoms with Gasteiger partial charge in [0.25, 0.3) is 0 Å². The second-order valence-electron chi connectivity index (χ2n) is 9.05. The van der Waals surface area contributed by atoms with Crippen LogP contribution in [0.5, 0.6) is 28.7 Å². The highest BCUT2D eigenvalue weighted by atomic mass is 16.5. The lowest BCUT2D eigenvalue weighted by atomic mass is 10.0. The zero-order chi connectivity index (χ0) is 25.4. The summed E-state index contributed by atoms with van der Waals surface area (Å²) in [4.78, 5) is 1.84. The summed E-state index contributed by atoms with van der Waals surface area (Å²) in [5.74, 6) is 1.12. The normalized spacial score (nSPS) is 10.9. The minimum Gasteiger partial charge on any atom is -0.505 e. The molecule has 0 bridgehead atoms. The molecule has 0 aliphatic carbocycles. The van der Waals surface area contributed by atoms with Gasteiger partial charge in [0.2, 0.25) is 0 Å². The molecule has 0 spiro atoms. The lowest BCUT2D eigenvalue weighted by molar-refractivity contribution is 0.409. The smallest absolute Gasteiger partial charge is 0.172 e. The zero-order valence-electron chi connectivity index (χ0n) is 21.0. The van der Waals surface area contributed by atoms with Crippen LogP contribution in [0.25, 0.3) is 0 Å². The van der Waals surface area contributed by atoms with Crippen molar-refractivity contribution < 1.29 is 20.1 Å². The first kappa shape index (κ1) is 24.0. The number of phenolic OH excluding ortho intramolecular Hbond substituents is 3. The number of aryl methyl sites for hydroxylation is 5. The molecule has 0 amide bonds. The SMILES string of the molecule is Cc1ccc(O)c(Oc2ccccc2N(c2c(C)ccc(C)c2O)c2c(C)ccc(C)c2O)c1C. The molecule has 0 saturated carbocycles. The van der Waals surface area contributed by atoms with Crippen molar-refractivity contribution in [2.75, 3.05) is 4.90 Å². The lowest BCUT2D eigenvalue weighted by Crippen LogP contribution is -2.15. The Morgan fingerprint density at radius 1 is 0.571 bits per heavy atom. The van der Waals surface area contributed by atoms with Gasteiger partial charge in [0.1, 0.15) is 11.5 Å². The molecular weight excluding hydrogens is 438 g/mol. The molecule has 0 unspecified atom stereocenters. The van der Waals surface area contributed by atoms with Gasteiger partial charge in [0.05, 0.1) is 17.1 Å². The maximum Gasteiger partial charge on any atom is 0.172 e. The van der Waals surface area contributed by atoms with Crippen molar-refractivity contribution >= 4 is 17.1 Å². The van der Waals surface area contributed by atoms with Gasteiger partial charge in [-0.1, -0.05) is 42.5 Å². The molecule has 3 N–H and O–H groups in total. The molecule has 0 radical (unpaired) electrons. The molecule has 0 aliphatic heterocycles. The average Bonchev–Trinajstić information content (AvgIpc) is 2.83. The van der Waals surface area contributed by atoms with Gasteiger partial charge in [0, 0.05) is 0 Å². The van der Waals surface area contributed by atoms with Gasteiger partial charge in [-0.05, 0) is 93.1 Å².